The number of piperidine rings is 1. The number of hydrogen-bond donors (Lipinski definition) is 0. The molecule has 122 valence electrons. The Morgan fingerprint density at radius 2 is 1.67 bits per heavy atom. The predicted octanol–water partition coefficient (Wildman–Crippen LogP) is -0.799. The van der Waals surface area contributed by atoms with Gasteiger partial charge in [0.2, 0.25) is 15.9 Å². The second-order valence-corrected chi connectivity index (χ2v) is 7.74. The van der Waals surface area contributed by atoms with Gasteiger partial charge in [-0.15, -0.1) is 0 Å². The Morgan fingerprint density at radius 3 is 2.14 bits per heavy atom. The van der Waals surface area contributed by atoms with Crippen molar-refractivity contribution >= 4 is 15.9 Å². The van der Waals surface area contributed by atoms with Crippen LogP contribution < -0.4 is 0 Å². The molecule has 0 atom stereocenters. The van der Waals surface area contributed by atoms with Gasteiger partial charge in [0.15, 0.2) is 0 Å². The average molecular weight is 319 g/mol. The van der Waals surface area contributed by atoms with Gasteiger partial charge in [-0.05, 0) is 12.8 Å². The van der Waals surface area contributed by atoms with Crippen molar-refractivity contribution in [1.29, 1.82) is 0 Å². The molecule has 2 rings (SSSR count). The molecule has 8 heteroatoms. The molecular weight excluding hydrogens is 294 g/mol. The molecule has 7 nitrogen and oxygen atoms in total. The summed E-state index contributed by atoms with van der Waals surface area (Å²) in [5.74, 6) is 0.0963. The first-order valence-electron chi connectivity index (χ1n) is 7.38. The molecular formula is C13H25N3O4S. The van der Waals surface area contributed by atoms with Crippen LogP contribution in [0.15, 0.2) is 0 Å². The first-order valence-corrected chi connectivity index (χ1v) is 9.23. The van der Waals surface area contributed by atoms with Gasteiger partial charge in [-0.3, -0.25) is 9.69 Å². The van der Waals surface area contributed by atoms with E-state index >= 15 is 0 Å². The molecule has 2 aliphatic heterocycles. The zero-order chi connectivity index (χ0) is 15.5. The lowest BCUT2D eigenvalue weighted by Crippen LogP contribution is -2.53. The zero-order valence-electron chi connectivity index (χ0n) is 12.8. The summed E-state index contributed by atoms with van der Waals surface area (Å²) in [6.45, 7) is 3.96. The smallest absolute Gasteiger partial charge is 0.236 e. The van der Waals surface area contributed by atoms with Gasteiger partial charge in [0.1, 0.15) is 0 Å². The van der Waals surface area contributed by atoms with Crippen molar-refractivity contribution in [2.24, 2.45) is 0 Å². The lowest BCUT2D eigenvalue weighted by Gasteiger charge is -2.36. The number of nitrogens with zero attached hydrogens (tertiary/aromatic N) is 3. The molecule has 0 aromatic rings. The summed E-state index contributed by atoms with van der Waals surface area (Å²) in [5, 5.41) is 0. The first-order chi connectivity index (χ1) is 9.90. The summed E-state index contributed by atoms with van der Waals surface area (Å²) in [5.41, 5.74) is 0. The highest BCUT2D eigenvalue weighted by Gasteiger charge is 2.27. The van der Waals surface area contributed by atoms with E-state index in [0.717, 1.165) is 25.9 Å². The Morgan fingerprint density at radius 1 is 1.10 bits per heavy atom. The number of likely N-dealkylation sites (tertiary alicyclic amines) is 1. The van der Waals surface area contributed by atoms with Crippen LogP contribution in [-0.4, -0.2) is 93.7 Å². The topological polar surface area (TPSA) is 70.2 Å². The molecule has 0 aliphatic carbocycles. The molecule has 0 bridgehead atoms. The van der Waals surface area contributed by atoms with E-state index in [4.69, 9.17) is 4.74 Å². The van der Waals surface area contributed by atoms with Gasteiger partial charge < -0.3 is 9.64 Å². The minimum Gasteiger partial charge on any atom is -0.381 e. The van der Waals surface area contributed by atoms with Crippen molar-refractivity contribution in [2.75, 3.05) is 59.2 Å². The number of sulfonamides is 1. The maximum atomic E-state index is 12.3. The number of piperazine rings is 1. The van der Waals surface area contributed by atoms with Crippen LogP contribution in [0.1, 0.15) is 12.8 Å². The van der Waals surface area contributed by atoms with Crippen LogP contribution in [0.3, 0.4) is 0 Å². The standard InChI is InChI=1S/C13H25N3O4S/c1-20-12-3-5-14(6-4-12)11-13(17)15-7-9-16(10-8-15)21(2,18)19/h12H,3-11H2,1-2H3. The van der Waals surface area contributed by atoms with Gasteiger partial charge in [0, 0.05) is 46.4 Å². The van der Waals surface area contributed by atoms with Crippen LogP contribution in [0, 0.1) is 0 Å². The first kappa shape index (κ1) is 16.7. The Kier molecular flexibility index (Phi) is 5.59. The minimum absolute atomic E-state index is 0.0963. The summed E-state index contributed by atoms with van der Waals surface area (Å²) >= 11 is 0. The van der Waals surface area contributed by atoms with E-state index in [0.29, 0.717) is 38.8 Å². The number of carbonyl (C=O) groups excluding carboxylic acids is 1. The molecule has 21 heavy (non-hydrogen) atoms. The molecule has 0 saturated carbocycles. The number of methoxy groups -OCH3 is 1. The van der Waals surface area contributed by atoms with E-state index in [1.54, 1.807) is 12.0 Å². The van der Waals surface area contributed by atoms with Crippen LogP contribution in [0.5, 0.6) is 0 Å². The Bertz CT molecular complexity index is 452. The van der Waals surface area contributed by atoms with E-state index < -0.39 is 10.0 Å². The maximum absolute atomic E-state index is 12.3. The van der Waals surface area contributed by atoms with Crippen LogP contribution in [-0.2, 0) is 19.6 Å². The number of rotatable bonds is 4. The highest BCUT2D eigenvalue weighted by molar-refractivity contribution is 7.88. The van der Waals surface area contributed by atoms with Crippen molar-refractivity contribution in [3.8, 4) is 0 Å². The largest absolute Gasteiger partial charge is 0.381 e. The second-order valence-electron chi connectivity index (χ2n) is 5.75. The Labute approximate surface area is 126 Å². The minimum atomic E-state index is -3.14. The molecule has 2 fully saturated rings. The fourth-order valence-electron chi connectivity index (χ4n) is 2.86. The SMILES string of the molecule is COC1CCN(CC(=O)N2CCN(S(C)(=O)=O)CC2)CC1. The number of carbonyl (C=O) groups is 1. The lowest BCUT2D eigenvalue weighted by atomic mass is 10.1. The average Bonchev–Trinajstić information content (AvgIpc) is 2.47. The summed E-state index contributed by atoms with van der Waals surface area (Å²) in [6, 6.07) is 0. The lowest BCUT2D eigenvalue weighted by molar-refractivity contribution is -0.134. The third-order valence-electron chi connectivity index (χ3n) is 4.29. The van der Waals surface area contributed by atoms with Crippen molar-refractivity contribution in [3.63, 3.8) is 0 Å². The van der Waals surface area contributed by atoms with Gasteiger partial charge in [-0.2, -0.15) is 4.31 Å². The monoisotopic (exact) mass is 319 g/mol. The van der Waals surface area contributed by atoms with E-state index in [9.17, 15) is 13.2 Å². The van der Waals surface area contributed by atoms with Crippen LogP contribution >= 0.6 is 0 Å². The van der Waals surface area contributed by atoms with Gasteiger partial charge in [0.25, 0.3) is 0 Å². The van der Waals surface area contributed by atoms with Crippen LogP contribution in [0.25, 0.3) is 0 Å². The van der Waals surface area contributed by atoms with Crippen molar-refractivity contribution in [3.05, 3.63) is 0 Å². The number of amides is 1. The van der Waals surface area contributed by atoms with E-state index in [-0.39, 0.29) is 5.91 Å². The molecule has 0 aromatic heterocycles. The van der Waals surface area contributed by atoms with Crippen LogP contribution in [0.2, 0.25) is 0 Å². The molecule has 0 radical (unpaired) electrons. The van der Waals surface area contributed by atoms with E-state index in [1.807, 2.05) is 0 Å². The summed E-state index contributed by atoms with van der Waals surface area (Å²) < 4.78 is 29.6. The van der Waals surface area contributed by atoms with Crippen LogP contribution in [0.4, 0.5) is 0 Å². The fraction of sp³-hybridized carbons (Fsp3) is 0.923. The molecule has 0 aromatic carbocycles. The maximum Gasteiger partial charge on any atom is 0.236 e. The summed E-state index contributed by atoms with van der Waals surface area (Å²) in [4.78, 5) is 16.2. The fourth-order valence-corrected chi connectivity index (χ4v) is 3.69. The zero-order valence-corrected chi connectivity index (χ0v) is 13.6. The third kappa shape index (κ3) is 4.64. The Balaban J connectivity index is 1.75. The molecule has 0 N–H and O–H groups in total. The normalized spacial score (nSPS) is 23.4. The molecule has 0 spiro atoms. The quantitative estimate of drug-likeness (QED) is 0.679. The molecule has 2 saturated heterocycles. The van der Waals surface area contributed by atoms with E-state index in [2.05, 4.69) is 4.90 Å². The third-order valence-corrected chi connectivity index (χ3v) is 5.59. The summed E-state index contributed by atoms with van der Waals surface area (Å²) in [6.07, 6.45) is 3.46. The van der Waals surface area contributed by atoms with E-state index in [1.165, 1.54) is 10.6 Å². The van der Waals surface area contributed by atoms with Gasteiger partial charge in [-0.25, -0.2) is 8.42 Å². The molecule has 0 unspecified atom stereocenters. The highest BCUT2D eigenvalue weighted by atomic mass is 32.2. The molecule has 2 aliphatic rings. The number of ether oxygens (including phenoxy) is 1. The predicted molar refractivity (Wildman–Crippen MR) is 79.5 cm³/mol. The van der Waals surface area contributed by atoms with Crippen molar-refractivity contribution < 1.29 is 17.9 Å². The second kappa shape index (κ2) is 7.04. The summed E-state index contributed by atoms with van der Waals surface area (Å²) in [7, 11) is -1.41. The highest BCUT2D eigenvalue weighted by Crippen LogP contribution is 2.13. The van der Waals surface area contributed by atoms with Gasteiger partial charge >= 0.3 is 0 Å². The van der Waals surface area contributed by atoms with Gasteiger partial charge in [0.05, 0.1) is 18.9 Å². The Hall–Kier alpha value is -0.700. The van der Waals surface area contributed by atoms with Gasteiger partial charge in [-0.1, -0.05) is 0 Å². The molecule has 2 heterocycles. The van der Waals surface area contributed by atoms with Crippen molar-refractivity contribution in [1.82, 2.24) is 14.1 Å². The molecule has 1 amide bonds. The van der Waals surface area contributed by atoms with Crippen molar-refractivity contribution in [2.45, 2.75) is 18.9 Å². The number of hydrogen-bond acceptors (Lipinski definition) is 5.